The van der Waals surface area contributed by atoms with Gasteiger partial charge in [0.05, 0.1) is 41.0 Å². The van der Waals surface area contributed by atoms with Crippen LogP contribution in [-0.2, 0) is 7.05 Å². The summed E-state index contributed by atoms with van der Waals surface area (Å²) >= 11 is 0. The van der Waals surface area contributed by atoms with Gasteiger partial charge in [-0.15, -0.1) is 0 Å². The van der Waals surface area contributed by atoms with Crippen LogP contribution in [0.4, 0.5) is 24.9 Å². The van der Waals surface area contributed by atoms with Crippen molar-refractivity contribution in [3.05, 3.63) is 36.3 Å². The molecule has 1 N–H and O–H groups in total. The van der Waals surface area contributed by atoms with Crippen molar-refractivity contribution in [1.82, 2.24) is 39.6 Å². The zero-order valence-electron chi connectivity index (χ0n) is 30.6. The van der Waals surface area contributed by atoms with E-state index in [-0.39, 0.29) is 31.3 Å². The molecule has 0 aliphatic carbocycles. The molecule has 0 saturated carbocycles. The first-order valence-corrected chi connectivity index (χ1v) is 18.3. The maximum Gasteiger partial charge on any atom is 0.251 e. The molecule has 0 radical (unpaired) electrons. The number of nitrogens with one attached hydrogen (secondary N) is 1. The van der Waals surface area contributed by atoms with Crippen LogP contribution in [-0.4, -0.2) is 104 Å². The third kappa shape index (κ3) is 6.43. The van der Waals surface area contributed by atoms with Crippen LogP contribution < -0.4 is 14.5 Å². The molecule has 8 rings (SSSR count). The van der Waals surface area contributed by atoms with E-state index in [0.29, 0.717) is 40.7 Å². The number of alkyl halides is 3. The quantitative estimate of drug-likeness (QED) is 0.192. The van der Waals surface area contributed by atoms with E-state index >= 15 is 0 Å². The van der Waals surface area contributed by atoms with E-state index in [1.54, 1.807) is 39.4 Å². The van der Waals surface area contributed by atoms with E-state index in [1.807, 2.05) is 31.0 Å². The van der Waals surface area contributed by atoms with Gasteiger partial charge in [0.2, 0.25) is 5.95 Å². The Morgan fingerprint density at radius 1 is 0.885 bits per heavy atom. The SMILES string of the molecule is COc1ccncc1-c1cc2c(-c3cc4c(nc(N5CCC6(CCN(CC(C)(C)F)CC6)CC5)n4C)c(N4CCC(F)(F)CC4)n3)[nH]nc2c(C)n1. The Labute approximate surface area is 301 Å². The van der Waals surface area contributed by atoms with Crippen molar-refractivity contribution < 1.29 is 17.9 Å². The van der Waals surface area contributed by atoms with Crippen LogP contribution in [0.2, 0.25) is 0 Å². The molecule has 0 unspecified atom stereocenters. The Kier molecular flexibility index (Phi) is 8.58. The molecule has 3 aliphatic rings. The molecule has 52 heavy (non-hydrogen) atoms. The number of halogens is 3. The summed E-state index contributed by atoms with van der Waals surface area (Å²) in [5.74, 6) is -0.584. The maximum absolute atomic E-state index is 14.4. The number of fused-ring (bicyclic) bond motifs is 2. The summed E-state index contributed by atoms with van der Waals surface area (Å²) in [7, 11) is 3.64. The highest BCUT2D eigenvalue weighted by atomic mass is 19.3. The van der Waals surface area contributed by atoms with Crippen molar-refractivity contribution in [3.8, 4) is 28.4 Å². The molecule has 5 aromatic rings. The highest BCUT2D eigenvalue weighted by molar-refractivity contribution is 5.99. The topological polar surface area (TPSA) is 104 Å². The van der Waals surface area contributed by atoms with Gasteiger partial charge in [-0.3, -0.25) is 15.1 Å². The minimum atomic E-state index is -2.70. The third-order valence-corrected chi connectivity index (χ3v) is 11.5. The molecule has 14 heteroatoms. The van der Waals surface area contributed by atoms with E-state index in [0.717, 1.165) is 85.5 Å². The first-order chi connectivity index (χ1) is 24.8. The van der Waals surface area contributed by atoms with Gasteiger partial charge in [0, 0.05) is 70.4 Å². The molecule has 8 heterocycles. The number of imidazole rings is 1. The molecule has 3 aliphatic heterocycles. The summed E-state index contributed by atoms with van der Waals surface area (Å²) in [6.07, 6.45) is 7.22. The number of aromatic nitrogens is 7. The summed E-state index contributed by atoms with van der Waals surface area (Å²) in [5, 5.41) is 8.69. The second kappa shape index (κ2) is 12.9. The van der Waals surface area contributed by atoms with E-state index < -0.39 is 11.6 Å². The predicted octanol–water partition coefficient (Wildman–Crippen LogP) is 6.95. The summed E-state index contributed by atoms with van der Waals surface area (Å²) < 4.78 is 50.8. The van der Waals surface area contributed by atoms with Crippen molar-refractivity contribution >= 4 is 33.7 Å². The monoisotopic (exact) mass is 716 g/mol. The van der Waals surface area contributed by atoms with Gasteiger partial charge in [0.15, 0.2) is 5.82 Å². The minimum Gasteiger partial charge on any atom is -0.496 e. The zero-order valence-corrected chi connectivity index (χ0v) is 30.6. The summed E-state index contributed by atoms with van der Waals surface area (Å²) in [6.45, 7) is 9.69. The number of pyridine rings is 3. The number of H-pyrrole nitrogens is 1. The van der Waals surface area contributed by atoms with E-state index in [1.165, 1.54) is 0 Å². The summed E-state index contributed by atoms with van der Waals surface area (Å²) in [5.41, 5.74) is 4.92. The van der Waals surface area contributed by atoms with Crippen molar-refractivity contribution in [2.75, 3.05) is 62.7 Å². The lowest BCUT2D eigenvalue weighted by atomic mass is 9.71. The van der Waals surface area contributed by atoms with Crippen LogP contribution in [0, 0.1) is 12.3 Å². The number of hydrogen-bond donors (Lipinski definition) is 1. The fourth-order valence-electron chi connectivity index (χ4n) is 8.49. The molecule has 3 saturated heterocycles. The molecule has 0 aromatic carbocycles. The van der Waals surface area contributed by atoms with E-state index in [2.05, 4.69) is 29.5 Å². The standard InChI is InChI=1S/C38H47F3N10O/c1-24-31-25(20-27(43-24)26-22-42-13-6-30(26)52-5)32(47-46-31)28-21-29-33(34(44-28)50-18-11-38(40,41)12-19-50)45-35(48(29)4)51-16-9-37(10-17-51)7-14-49(15-8-37)23-36(2,3)39/h6,13,20-22H,7-12,14-19,23H2,1-5H3,(H,46,47). The molecule has 276 valence electrons. The molecule has 0 bridgehead atoms. The first-order valence-electron chi connectivity index (χ1n) is 18.3. The zero-order chi connectivity index (χ0) is 36.4. The Morgan fingerprint density at radius 2 is 1.58 bits per heavy atom. The number of rotatable bonds is 7. The third-order valence-electron chi connectivity index (χ3n) is 11.5. The maximum atomic E-state index is 14.4. The Balaban J connectivity index is 1.15. The van der Waals surface area contributed by atoms with Gasteiger partial charge >= 0.3 is 0 Å². The highest BCUT2D eigenvalue weighted by Crippen LogP contribution is 2.44. The fourth-order valence-corrected chi connectivity index (χ4v) is 8.49. The van der Waals surface area contributed by atoms with Gasteiger partial charge in [0.25, 0.3) is 5.92 Å². The van der Waals surface area contributed by atoms with Gasteiger partial charge in [-0.2, -0.15) is 5.10 Å². The number of hydrogen-bond acceptors (Lipinski definition) is 9. The molecule has 5 aromatic heterocycles. The summed E-state index contributed by atoms with van der Waals surface area (Å²) in [4.78, 5) is 26.0. The first kappa shape index (κ1) is 34.6. The second-order valence-corrected chi connectivity index (χ2v) is 15.7. The van der Waals surface area contributed by atoms with Gasteiger partial charge < -0.3 is 24.0 Å². The van der Waals surface area contributed by atoms with Gasteiger partial charge in [-0.25, -0.2) is 23.1 Å². The van der Waals surface area contributed by atoms with Gasteiger partial charge in [0.1, 0.15) is 22.5 Å². The molecule has 0 atom stereocenters. The van der Waals surface area contributed by atoms with E-state index in [9.17, 15) is 13.2 Å². The van der Waals surface area contributed by atoms with Gasteiger partial charge in [-0.1, -0.05) is 0 Å². The molecule has 0 amide bonds. The van der Waals surface area contributed by atoms with Crippen LogP contribution in [0.5, 0.6) is 5.75 Å². The Morgan fingerprint density at radius 3 is 2.27 bits per heavy atom. The number of anilines is 2. The molecule has 11 nitrogen and oxygen atoms in total. The second-order valence-electron chi connectivity index (χ2n) is 15.7. The smallest absolute Gasteiger partial charge is 0.251 e. The predicted molar refractivity (Wildman–Crippen MR) is 197 cm³/mol. The van der Waals surface area contributed by atoms with Crippen molar-refractivity contribution in [1.29, 1.82) is 0 Å². The highest BCUT2D eigenvalue weighted by Gasteiger charge is 2.40. The average Bonchev–Trinajstić information content (AvgIpc) is 3.70. The number of ether oxygens (including phenoxy) is 1. The molecular weight excluding hydrogens is 669 g/mol. The van der Waals surface area contributed by atoms with Crippen LogP contribution in [0.1, 0.15) is 58.1 Å². The van der Waals surface area contributed by atoms with Crippen molar-refractivity contribution in [2.24, 2.45) is 12.5 Å². The molecule has 1 spiro atoms. The average molecular weight is 717 g/mol. The van der Waals surface area contributed by atoms with Crippen molar-refractivity contribution in [2.45, 2.75) is 70.9 Å². The lowest BCUT2D eigenvalue weighted by Gasteiger charge is -2.47. The lowest BCUT2D eigenvalue weighted by molar-refractivity contribution is -0.0221. The van der Waals surface area contributed by atoms with E-state index in [4.69, 9.17) is 19.7 Å². The number of likely N-dealkylation sites (tertiary alicyclic amines) is 1. The minimum absolute atomic E-state index is 0.186. The Hall–Kier alpha value is -4.46. The van der Waals surface area contributed by atoms with Crippen LogP contribution >= 0.6 is 0 Å². The lowest BCUT2D eigenvalue weighted by Crippen LogP contribution is -2.49. The van der Waals surface area contributed by atoms with Crippen LogP contribution in [0.15, 0.2) is 30.6 Å². The fraction of sp³-hybridized carbons (Fsp3) is 0.553. The number of nitrogens with zero attached hydrogens (tertiary/aromatic N) is 9. The van der Waals surface area contributed by atoms with Crippen LogP contribution in [0.25, 0.3) is 44.6 Å². The number of aromatic amines is 1. The molecular formula is C38H47F3N10O. The Bertz CT molecular complexity index is 2090. The number of methoxy groups -OCH3 is 1. The van der Waals surface area contributed by atoms with Crippen LogP contribution in [0.3, 0.4) is 0 Å². The number of piperidine rings is 3. The van der Waals surface area contributed by atoms with Crippen molar-refractivity contribution in [3.63, 3.8) is 0 Å². The number of aryl methyl sites for hydroxylation is 2. The largest absolute Gasteiger partial charge is 0.496 e. The molecule has 3 fully saturated rings. The summed E-state index contributed by atoms with van der Waals surface area (Å²) in [6, 6.07) is 5.79. The normalized spacial score (nSPS) is 19.6. The van der Waals surface area contributed by atoms with Gasteiger partial charge in [-0.05, 0) is 83.2 Å².